The van der Waals surface area contributed by atoms with E-state index in [-0.39, 0.29) is 23.2 Å². The molecule has 0 spiro atoms. The monoisotopic (exact) mass is 369 g/mol. The molecule has 1 aromatic heterocycles. The quantitative estimate of drug-likeness (QED) is 0.904. The predicted octanol–water partition coefficient (Wildman–Crippen LogP) is 2.88. The van der Waals surface area contributed by atoms with Crippen LogP contribution in [0.1, 0.15) is 30.2 Å². The van der Waals surface area contributed by atoms with Gasteiger partial charge in [0.2, 0.25) is 11.8 Å². The van der Waals surface area contributed by atoms with Gasteiger partial charge in [0.25, 0.3) is 0 Å². The number of hydrogen-bond acceptors (Lipinski definition) is 5. The number of rotatable bonds is 3. The number of aromatic hydroxyl groups is 1. The number of nitrogens with zero attached hydrogens (tertiary/aromatic N) is 3. The van der Waals surface area contributed by atoms with Crippen molar-refractivity contribution in [3.8, 4) is 5.88 Å². The lowest BCUT2D eigenvalue weighted by Crippen LogP contribution is -2.33. The van der Waals surface area contributed by atoms with Crippen LogP contribution in [0.25, 0.3) is 11.6 Å². The van der Waals surface area contributed by atoms with Crippen LogP contribution in [0.3, 0.4) is 0 Å². The first kappa shape index (κ1) is 16.8. The summed E-state index contributed by atoms with van der Waals surface area (Å²) in [6.07, 6.45) is 3.76. The van der Waals surface area contributed by atoms with Crippen LogP contribution in [-0.2, 0) is 11.3 Å². The number of aliphatic imine (C=N–C) groups is 1. The lowest BCUT2D eigenvalue weighted by Gasteiger charge is -2.15. The van der Waals surface area contributed by atoms with Crippen molar-refractivity contribution in [1.82, 2.24) is 9.47 Å². The highest BCUT2D eigenvalue weighted by Crippen LogP contribution is 2.37. The number of amides is 1. The molecular formula is C19H19N3O3S. The van der Waals surface area contributed by atoms with Gasteiger partial charge >= 0.3 is 4.87 Å². The first-order valence-electron chi connectivity index (χ1n) is 8.62. The number of benzene rings is 1. The molecule has 0 aliphatic carbocycles. The number of carbonyl (C=O) groups excluding carboxylic acids is 1. The molecule has 0 unspecified atom stereocenters. The van der Waals surface area contributed by atoms with Gasteiger partial charge in [0.15, 0.2) is 0 Å². The van der Waals surface area contributed by atoms with E-state index in [0.29, 0.717) is 4.88 Å². The summed E-state index contributed by atoms with van der Waals surface area (Å²) in [5.41, 5.74) is 3.58. The topological polar surface area (TPSA) is 74.9 Å². The number of thiazole rings is 1. The van der Waals surface area contributed by atoms with E-state index in [0.717, 1.165) is 64.4 Å². The van der Waals surface area contributed by atoms with E-state index < -0.39 is 0 Å². The number of likely N-dealkylation sites (tertiary alicyclic amines) is 1. The normalized spacial score (nSPS) is 17.7. The first-order chi connectivity index (χ1) is 12.5. The molecule has 134 valence electrons. The lowest BCUT2D eigenvalue weighted by atomic mass is 10.0. The Morgan fingerprint density at radius 3 is 2.81 bits per heavy atom. The third-order valence-electron chi connectivity index (χ3n) is 4.79. The lowest BCUT2D eigenvalue weighted by molar-refractivity contribution is -0.130. The fourth-order valence-electron chi connectivity index (χ4n) is 3.40. The first-order valence-corrected chi connectivity index (χ1v) is 9.43. The average molecular weight is 369 g/mol. The summed E-state index contributed by atoms with van der Waals surface area (Å²) in [5, 5.41) is 10.5. The molecule has 1 saturated heterocycles. The van der Waals surface area contributed by atoms with Crippen molar-refractivity contribution in [2.24, 2.45) is 4.99 Å². The number of carbonyl (C=O) groups is 1. The maximum Gasteiger partial charge on any atom is 0.311 e. The van der Waals surface area contributed by atoms with Crippen molar-refractivity contribution < 1.29 is 9.90 Å². The van der Waals surface area contributed by atoms with Gasteiger partial charge < -0.3 is 10.0 Å². The summed E-state index contributed by atoms with van der Waals surface area (Å²) in [4.78, 5) is 31.0. The van der Waals surface area contributed by atoms with E-state index in [9.17, 15) is 14.7 Å². The molecule has 4 rings (SSSR count). The van der Waals surface area contributed by atoms with Crippen molar-refractivity contribution in [1.29, 1.82) is 0 Å². The molecule has 6 nitrogen and oxygen atoms in total. The molecule has 7 heteroatoms. The highest BCUT2D eigenvalue weighted by molar-refractivity contribution is 7.10. The molecule has 0 saturated carbocycles. The van der Waals surface area contributed by atoms with E-state index in [4.69, 9.17) is 0 Å². The van der Waals surface area contributed by atoms with Crippen LogP contribution in [0, 0.1) is 0 Å². The van der Waals surface area contributed by atoms with E-state index in [2.05, 4.69) is 4.99 Å². The molecule has 1 N–H and O–H groups in total. The summed E-state index contributed by atoms with van der Waals surface area (Å²) in [7, 11) is 0. The summed E-state index contributed by atoms with van der Waals surface area (Å²) in [6, 6.07) is 7.76. The highest BCUT2D eigenvalue weighted by Gasteiger charge is 2.23. The Hall–Kier alpha value is -2.67. The Balaban J connectivity index is 1.66. The number of fused-ring (bicyclic) bond motifs is 1. The fraction of sp³-hybridized carbons (Fsp3) is 0.316. The van der Waals surface area contributed by atoms with E-state index in [1.807, 2.05) is 31.2 Å². The zero-order chi connectivity index (χ0) is 18.3. The summed E-state index contributed by atoms with van der Waals surface area (Å²) in [5.74, 6) is -0.280. The molecule has 2 aliphatic heterocycles. The number of aromatic nitrogens is 1. The third kappa shape index (κ3) is 2.88. The zero-order valence-electron chi connectivity index (χ0n) is 14.4. The van der Waals surface area contributed by atoms with Crippen molar-refractivity contribution in [2.75, 3.05) is 13.1 Å². The third-order valence-corrected chi connectivity index (χ3v) is 5.71. The number of para-hydroxylation sites is 1. The van der Waals surface area contributed by atoms with Gasteiger partial charge in [-0.1, -0.05) is 29.5 Å². The minimum Gasteiger partial charge on any atom is -0.493 e. The van der Waals surface area contributed by atoms with Crippen molar-refractivity contribution in [2.45, 2.75) is 26.3 Å². The minimum atomic E-state index is -0.331. The van der Waals surface area contributed by atoms with Gasteiger partial charge in [-0.25, -0.2) is 0 Å². The molecule has 26 heavy (non-hydrogen) atoms. The molecule has 0 atom stereocenters. The number of allylic oxidation sites excluding steroid dienone is 1. The molecule has 2 aliphatic rings. The van der Waals surface area contributed by atoms with Crippen LogP contribution in [0.5, 0.6) is 5.88 Å². The Morgan fingerprint density at radius 1 is 1.31 bits per heavy atom. The maximum absolute atomic E-state index is 12.3. The average Bonchev–Trinajstić information content (AvgIpc) is 3.32. The molecule has 1 aromatic carbocycles. The van der Waals surface area contributed by atoms with Crippen LogP contribution in [0.15, 0.2) is 34.1 Å². The summed E-state index contributed by atoms with van der Waals surface area (Å²) < 4.78 is 1.16. The summed E-state index contributed by atoms with van der Waals surface area (Å²) >= 11 is 0.944. The molecule has 1 amide bonds. The molecule has 0 radical (unpaired) electrons. The second-order valence-electron chi connectivity index (χ2n) is 6.50. The molecular weight excluding hydrogens is 350 g/mol. The second-order valence-corrected chi connectivity index (χ2v) is 7.50. The molecule has 0 bridgehead atoms. The van der Waals surface area contributed by atoms with Gasteiger partial charge in [-0.3, -0.25) is 19.1 Å². The van der Waals surface area contributed by atoms with Gasteiger partial charge in [-0.15, -0.1) is 0 Å². The summed E-state index contributed by atoms with van der Waals surface area (Å²) in [6.45, 7) is 3.23. The van der Waals surface area contributed by atoms with Gasteiger partial charge in [0.05, 0.1) is 10.6 Å². The van der Waals surface area contributed by atoms with Gasteiger partial charge in [0.1, 0.15) is 6.54 Å². The predicted molar refractivity (Wildman–Crippen MR) is 103 cm³/mol. The SMILES string of the molecule is CC1=Nc2ccccc2C1=Cc1sc(=O)n(CC(=O)N2CCCC2)c1O. The molecule has 1 fully saturated rings. The van der Waals surface area contributed by atoms with E-state index >= 15 is 0 Å². The van der Waals surface area contributed by atoms with Crippen LogP contribution in [0.4, 0.5) is 5.69 Å². The van der Waals surface area contributed by atoms with Crippen molar-refractivity contribution >= 4 is 40.3 Å². The fourth-order valence-corrected chi connectivity index (χ4v) is 4.23. The van der Waals surface area contributed by atoms with Crippen LogP contribution in [-0.4, -0.2) is 39.3 Å². The minimum absolute atomic E-state index is 0.117. The van der Waals surface area contributed by atoms with Gasteiger partial charge in [-0.2, -0.15) is 0 Å². The van der Waals surface area contributed by atoms with Crippen LogP contribution >= 0.6 is 11.3 Å². The van der Waals surface area contributed by atoms with E-state index in [1.54, 1.807) is 11.0 Å². The Morgan fingerprint density at radius 2 is 2.04 bits per heavy atom. The number of hydrogen-bond donors (Lipinski definition) is 1. The Labute approximate surface area is 154 Å². The smallest absolute Gasteiger partial charge is 0.311 e. The molecule has 2 aromatic rings. The van der Waals surface area contributed by atoms with Crippen molar-refractivity contribution in [3.63, 3.8) is 0 Å². The van der Waals surface area contributed by atoms with E-state index in [1.165, 1.54) is 0 Å². The second kappa shape index (κ2) is 6.57. The maximum atomic E-state index is 12.3. The molecule has 3 heterocycles. The Bertz CT molecular complexity index is 994. The largest absolute Gasteiger partial charge is 0.493 e. The van der Waals surface area contributed by atoms with Crippen molar-refractivity contribution in [3.05, 3.63) is 44.4 Å². The zero-order valence-corrected chi connectivity index (χ0v) is 15.3. The van der Waals surface area contributed by atoms with Crippen LogP contribution < -0.4 is 4.87 Å². The Kier molecular flexibility index (Phi) is 4.24. The standard InChI is InChI=1S/C19H19N3O3S/c1-12-14(13-6-2-3-7-15(13)20-12)10-16-18(24)22(19(25)26-16)11-17(23)21-8-4-5-9-21/h2-3,6-7,10,24H,4-5,8-9,11H2,1H3. The van der Waals surface area contributed by atoms with Gasteiger partial charge in [-0.05, 0) is 31.9 Å². The van der Waals surface area contributed by atoms with Crippen LogP contribution in [0.2, 0.25) is 0 Å². The highest BCUT2D eigenvalue weighted by atomic mass is 32.1. The van der Waals surface area contributed by atoms with Gasteiger partial charge in [0, 0.05) is 29.9 Å².